The van der Waals surface area contributed by atoms with Crippen LogP contribution in [-0.4, -0.2) is 72.5 Å². The van der Waals surface area contributed by atoms with E-state index in [1.807, 2.05) is 12.1 Å². The molecule has 10 heteroatoms. The van der Waals surface area contributed by atoms with E-state index in [1.165, 1.54) is 6.33 Å². The molecule has 0 spiro atoms. The molecule has 1 aromatic carbocycles. The largest absolute Gasteiger partial charge is 0.493 e. The fourth-order valence-corrected chi connectivity index (χ4v) is 4.11. The van der Waals surface area contributed by atoms with E-state index < -0.39 is 5.97 Å². The highest BCUT2D eigenvalue weighted by molar-refractivity contribution is 7.17. The average molecular weight is 445 g/mol. The number of aromatic nitrogens is 2. The van der Waals surface area contributed by atoms with Gasteiger partial charge in [0.05, 0.1) is 37.4 Å². The van der Waals surface area contributed by atoms with E-state index in [-0.39, 0.29) is 4.88 Å². The molecule has 164 valence electrons. The Hall–Kier alpha value is -2.95. The van der Waals surface area contributed by atoms with E-state index in [2.05, 4.69) is 20.2 Å². The van der Waals surface area contributed by atoms with Gasteiger partial charge in [-0.1, -0.05) is 0 Å². The molecule has 9 nitrogen and oxygen atoms in total. The number of ether oxygens (including phenoxy) is 3. The molecule has 2 aromatic heterocycles. The number of hydrogen-bond donors (Lipinski definition) is 2. The second-order valence-electron chi connectivity index (χ2n) is 6.99. The SMILES string of the molecule is COc1cc2c(Nc3ccc(C(=O)O)s3)ncnc2cc1OCCCN1CCOCC1. The molecule has 0 bridgehead atoms. The predicted octanol–water partition coefficient (Wildman–Crippen LogP) is 3.24. The standard InChI is InChI=1S/C21H24N4O5S/c1-28-16-11-14-15(12-17(16)30-8-2-5-25-6-9-29-10-7-25)22-13-23-20(14)24-19-4-3-18(31-19)21(26)27/h3-4,11-13H,2,5-10H2,1H3,(H,26,27)(H,22,23,24). The van der Waals surface area contributed by atoms with Crippen LogP contribution in [-0.2, 0) is 4.74 Å². The van der Waals surface area contributed by atoms with Crippen molar-refractivity contribution >= 4 is 39.0 Å². The zero-order valence-electron chi connectivity index (χ0n) is 17.2. The highest BCUT2D eigenvalue weighted by Crippen LogP contribution is 2.35. The molecule has 0 aliphatic carbocycles. The quantitative estimate of drug-likeness (QED) is 0.481. The monoisotopic (exact) mass is 444 g/mol. The van der Waals surface area contributed by atoms with Crippen LogP contribution in [0.4, 0.5) is 10.8 Å². The smallest absolute Gasteiger partial charge is 0.345 e. The maximum Gasteiger partial charge on any atom is 0.345 e. The summed E-state index contributed by atoms with van der Waals surface area (Å²) in [4.78, 5) is 22.4. The predicted molar refractivity (Wildman–Crippen MR) is 118 cm³/mol. The van der Waals surface area contributed by atoms with Crippen LogP contribution in [0.3, 0.4) is 0 Å². The second kappa shape index (κ2) is 9.90. The minimum absolute atomic E-state index is 0.256. The van der Waals surface area contributed by atoms with Gasteiger partial charge in [0, 0.05) is 31.1 Å². The molecule has 0 radical (unpaired) electrons. The van der Waals surface area contributed by atoms with E-state index in [0.717, 1.165) is 56.0 Å². The second-order valence-corrected chi connectivity index (χ2v) is 8.08. The molecule has 0 atom stereocenters. The number of carboxylic acids is 1. The summed E-state index contributed by atoms with van der Waals surface area (Å²) in [7, 11) is 1.59. The Bertz CT molecular complexity index is 1050. The van der Waals surface area contributed by atoms with Crippen molar-refractivity contribution < 1.29 is 24.1 Å². The first-order valence-corrected chi connectivity index (χ1v) is 10.8. The number of nitrogens with one attached hydrogen (secondary N) is 1. The summed E-state index contributed by atoms with van der Waals surface area (Å²) in [5, 5.41) is 13.7. The van der Waals surface area contributed by atoms with Gasteiger partial charge in [0.25, 0.3) is 0 Å². The Morgan fingerprint density at radius 3 is 2.84 bits per heavy atom. The molecule has 1 saturated heterocycles. The van der Waals surface area contributed by atoms with Gasteiger partial charge >= 0.3 is 5.97 Å². The highest BCUT2D eigenvalue weighted by atomic mass is 32.1. The minimum Gasteiger partial charge on any atom is -0.493 e. The van der Waals surface area contributed by atoms with Crippen molar-refractivity contribution in [1.82, 2.24) is 14.9 Å². The number of thiophene rings is 1. The maximum absolute atomic E-state index is 11.1. The molecule has 4 rings (SSSR count). The van der Waals surface area contributed by atoms with E-state index in [1.54, 1.807) is 19.2 Å². The average Bonchev–Trinajstić information content (AvgIpc) is 3.26. The molecule has 31 heavy (non-hydrogen) atoms. The summed E-state index contributed by atoms with van der Waals surface area (Å²) in [6.07, 6.45) is 2.37. The van der Waals surface area contributed by atoms with Gasteiger partial charge in [0.15, 0.2) is 11.5 Å². The van der Waals surface area contributed by atoms with Crippen LogP contribution in [0.5, 0.6) is 11.5 Å². The molecule has 3 heterocycles. The number of methoxy groups -OCH3 is 1. The number of nitrogens with zero attached hydrogens (tertiary/aromatic N) is 3. The summed E-state index contributed by atoms with van der Waals surface area (Å²) in [5.41, 5.74) is 0.705. The number of carboxylic acid groups (broad SMARTS) is 1. The van der Waals surface area contributed by atoms with Gasteiger partial charge < -0.3 is 24.6 Å². The van der Waals surface area contributed by atoms with Gasteiger partial charge in [-0.15, -0.1) is 11.3 Å². The van der Waals surface area contributed by atoms with Crippen molar-refractivity contribution in [3.05, 3.63) is 35.5 Å². The summed E-state index contributed by atoms with van der Waals surface area (Å²) >= 11 is 1.14. The number of fused-ring (bicyclic) bond motifs is 1. The van der Waals surface area contributed by atoms with Gasteiger partial charge in [0.1, 0.15) is 17.0 Å². The Morgan fingerprint density at radius 1 is 1.26 bits per heavy atom. The molecular weight excluding hydrogens is 420 g/mol. The molecule has 2 N–H and O–H groups in total. The third kappa shape index (κ3) is 5.22. The number of anilines is 2. The molecule has 3 aromatic rings. The first-order chi connectivity index (χ1) is 15.1. The molecular formula is C21H24N4O5S. The summed E-state index contributed by atoms with van der Waals surface area (Å²) in [6, 6.07) is 6.95. The van der Waals surface area contributed by atoms with E-state index in [0.29, 0.717) is 34.4 Å². The summed E-state index contributed by atoms with van der Waals surface area (Å²) in [5.74, 6) is 0.837. The van der Waals surface area contributed by atoms with Gasteiger partial charge in [-0.3, -0.25) is 4.90 Å². The Balaban J connectivity index is 1.47. The summed E-state index contributed by atoms with van der Waals surface area (Å²) < 4.78 is 16.9. The zero-order valence-corrected chi connectivity index (χ0v) is 18.0. The number of hydrogen-bond acceptors (Lipinski definition) is 9. The number of morpholine rings is 1. The van der Waals surface area contributed by atoms with Crippen molar-refractivity contribution in [1.29, 1.82) is 0 Å². The molecule has 1 aliphatic rings. The number of rotatable bonds is 9. The molecule has 0 saturated carbocycles. The molecule has 0 unspecified atom stereocenters. The Kier molecular flexibility index (Phi) is 6.80. The van der Waals surface area contributed by atoms with E-state index in [9.17, 15) is 4.79 Å². The first-order valence-electron chi connectivity index (χ1n) is 10.00. The summed E-state index contributed by atoms with van der Waals surface area (Å²) in [6.45, 7) is 5.04. The first kappa shape index (κ1) is 21.3. The lowest BCUT2D eigenvalue weighted by Gasteiger charge is -2.26. The topological polar surface area (TPSA) is 106 Å². The molecule has 0 amide bonds. The fraction of sp³-hybridized carbons (Fsp3) is 0.381. The van der Waals surface area contributed by atoms with E-state index in [4.69, 9.17) is 19.3 Å². The van der Waals surface area contributed by atoms with Gasteiger partial charge in [-0.2, -0.15) is 0 Å². The van der Waals surface area contributed by atoms with Crippen LogP contribution in [0, 0.1) is 0 Å². The molecule has 1 aliphatic heterocycles. The van der Waals surface area contributed by atoms with Crippen LogP contribution in [0.15, 0.2) is 30.6 Å². The lowest BCUT2D eigenvalue weighted by atomic mass is 10.2. The van der Waals surface area contributed by atoms with Crippen molar-refractivity contribution in [3.63, 3.8) is 0 Å². The maximum atomic E-state index is 11.1. The number of benzene rings is 1. The normalized spacial score (nSPS) is 14.5. The van der Waals surface area contributed by atoms with E-state index >= 15 is 0 Å². The van der Waals surface area contributed by atoms with Crippen LogP contribution >= 0.6 is 11.3 Å². The number of aromatic carboxylic acids is 1. The van der Waals surface area contributed by atoms with Crippen LogP contribution in [0.2, 0.25) is 0 Å². The van der Waals surface area contributed by atoms with Gasteiger partial charge in [0.2, 0.25) is 0 Å². The molecule has 1 fully saturated rings. The third-order valence-corrected chi connectivity index (χ3v) is 5.95. The lowest BCUT2D eigenvalue weighted by Crippen LogP contribution is -2.37. The van der Waals surface area contributed by atoms with Crippen molar-refractivity contribution in [2.75, 3.05) is 51.9 Å². The van der Waals surface area contributed by atoms with Crippen LogP contribution < -0.4 is 14.8 Å². The zero-order chi connectivity index (χ0) is 21.6. The number of carbonyl (C=O) groups is 1. The van der Waals surface area contributed by atoms with Gasteiger partial charge in [-0.05, 0) is 24.6 Å². The van der Waals surface area contributed by atoms with Gasteiger partial charge in [-0.25, -0.2) is 14.8 Å². The third-order valence-electron chi connectivity index (χ3n) is 4.96. The lowest BCUT2D eigenvalue weighted by molar-refractivity contribution is 0.0357. The highest BCUT2D eigenvalue weighted by Gasteiger charge is 2.14. The van der Waals surface area contributed by atoms with Crippen LogP contribution in [0.1, 0.15) is 16.1 Å². The Labute approximate surface area is 183 Å². The minimum atomic E-state index is -0.956. The Morgan fingerprint density at radius 2 is 2.10 bits per heavy atom. The van der Waals surface area contributed by atoms with Crippen molar-refractivity contribution in [3.8, 4) is 11.5 Å². The van der Waals surface area contributed by atoms with Crippen molar-refractivity contribution in [2.24, 2.45) is 0 Å². The van der Waals surface area contributed by atoms with Crippen molar-refractivity contribution in [2.45, 2.75) is 6.42 Å². The van der Waals surface area contributed by atoms with Crippen LogP contribution in [0.25, 0.3) is 10.9 Å². The fourth-order valence-electron chi connectivity index (χ4n) is 3.37.